The van der Waals surface area contributed by atoms with Gasteiger partial charge in [0, 0.05) is 49.0 Å². The monoisotopic (exact) mass is 548 g/mol. The SMILES string of the molecule is CCCCCC(O)c1ccc(C2C(Br)=CC(=O)[C@@H]2CCCc2cc[c-]s2)cc1.[Y]. The summed E-state index contributed by atoms with van der Waals surface area (Å²) in [7, 11) is 0. The van der Waals surface area contributed by atoms with Crippen molar-refractivity contribution in [2.24, 2.45) is 5.92 Å². The van der Waals surface area contributed by atoms with Gasteiger partial charge in [-0.2, -0.15) is 6.07 Å². The first-order chi connectivity index (χ1) is 13.6. The van der Waals surface area contributed by atoms with E-state index in [2.05, 4.69) is 46.4 Å². The Labute approximate surface area is 212 Å². The molecular weight excluding hydrogens is 521 g/mol. The average molecular weight is 549 g/mol. The predicted molar refractivity (Wildman–Crippen MR) is 120 cm³/mol. The van der Waals surface area contributed by atoms with Gasteiger partial charge in [0.15, 0.2) is 5.78 Å². The molecule has 3 atom stereocenters. The van der Waals surface area contributed by atoms with Crippen LogP contribution in [0.2, 0.25) is 0 Å². The summed E-state index contributed by atoms with van der Waals surface area (Å²) in [4.78, 5) is 13.9. The summed E-state index contributed by atoms with van der Waals surface area (Å²) in [6.45, 7) is 2.17. The molecule has 153 valence electrons. The van der Waals surface area contributed by atoms with Gasteiger partial charge < -0.3 is 16.4 Å². The maximum Gasteiger partial charge on any atom is 0.160 e. The first-order valence-corrected chi connectivity index (χ1v) is 11.8. The van der Waals surface area contributed by atoms with Crippen LogP contribution in [0.5, 0.6) is 0 Å². The fourth-order valence-electron chi connectivity index (χ4n) is 3.97. The van der Waals surface area contributed by atoms with Gasteiger partial charge in [-0.15, -0.1) is 10.3 Å². The van der Waals surface area contributed by atoms with Crippen molar-refractivity contribution < 1.29 is 42.6 Å². The third kappa shape index (κ3) is 6.93. The van der Waals surface area contributed by atoms with E-state index in [0.717, 1.165) is 60.6 Å². The van der Waals surface area contributed by atoms with Crippen LogP contribution in [0.4, 0.5) is 0 Å². The second-order valence-electron chi connectivity index (χ2n) is 7.61. The molecule has 1 aromatic heterocycles. The molecule has 1 aromatic carbocycles. The molecule has 0 fully saturated rings. The molecule has 1 aliphatic carbocycles. The predicted octanol–water partition coefficient (Wildman–Crippen LogP) is 6.74. The fourth-order valence-corrected chi connectivity index (χ4v) is 5.45. The van der Waals surface area contributed by atoms with Crippen molar-refractivity contribution >= 4 is 33.0 Å². The number of halogens is 1. The van der Waals surface area contributed by atoms with Crippen molar-refractivity contribution in [3.05, 3.63) is 68.3 Å². The van der Waals surface area contributed by atoms with E-state index < -0.39 is 6.10 Å². The number of aryl methyl sites for hydroxylation is 1. The Morgan fingerprint density at radius 3 is 2.59 bits per heavy atom. The standard InChI is InChI=1S/C24H28BrO2S.Y/c1-2-3-4-10-22(26)17-11-13-18(14-12-17)24-20(23(27)16-21(24)25)9-5-7-19-8-6-15-28-19;/h6,8,11-14,16,20,22,24,26H,2-5,7,9-10H2,1H3;/q-1;/t20-,22?,24?;/m0./s1. The van der Waals surface area contributed by atoms with Gasteiger partial charge in [-0.3, -0.25) is 4.79 Å². The van der Waals surface area contributed by atoms with Crippen LogP contribution in [0.25, 0.3) is 0 Å². The Balaban J connectivity index is 0.00000300. The summed E-state index contributed by atoms with van der Waals surface area (Å²) in [6, 6.07) is 12.3. The van der Waals surface area contributed by atoms with Crippen LogP contribution in [0.1, 0.15) is 73.5 Å². The van der Waals surface area contributed by atoms with Gasteiger partial charge >= 0.3 is 0 Å². The molecule has 5 heteroatoms. The van der Waals surface area contributed by atoms with Gasteiger partial charge in [0.25, 0.3) is 0 Å². The number of carbonyl (C=O) groups is 1. The zero-order valence-corrected chi connectivity index (χ0v) is 22.2. The van der Waals surface area contributed by atoms with Crippen LogP contribution in [0, 0.1) is 11.3 Å². The minimum atomic E-state index is -0.400. The zero-order valence-electron chi connectivity index (χ0n) is 16.9. The molecule has 0 bridgehead atoms. The van der Waals surface area contributed by atoms with Crippen molar-refractivity contribution in [2.45, 2.75) is 63.9 Å². The first kappa shape index (κ1) is 25.1. The van der Waals surface area contributed by atoms with Crippen molar-refractivity contribution in [1.82, 2.24) is 0 Å². The summed E-state index contributed by atoms with van der Waals surface area (Å²) in [5.74, 6) is 0.311. The topological polar surface area (TPSA) is 37.3 Å². The number of aliphatic hydroxyl groups excluding tert-OH is 1. The maximum absolute atomic E-state index is 12.5. The van der Waals surface area contributed by atoms with Crippen molar-refractivity contribution in [3.63, 3.8) is 0 Å². The van der Waals surface area contributed by atoms with E-state index in [9.17, 15) is 9.90 Å². The number of allylic oxidation sites excluding steroid dienone is 2. The molecule has 2 unspecified atom stereocenters. The molecule has 0 saturated heterocycles. The van der Waals surface area contributed by atoms with E-state index in [1.807, 2.05) is 18.2 Å². The Kier molecular flexibility index (Phi) is 11.0. The fraction of sp³-hybridized carbons (Fsp3) is 0.458. The molecule has 0 aliphatic heterocycles. The number of rotatable bonds is 10. The quantitative estimate of drug-likeness (QED) is 0.263. The minimum Gasteiger partial charge on any atom is -0.388 e. The van der Waals surface area contributed by atoms with Crippen LogP contribution in [-0.2, 0) is 43.9 Å². The molecule has 1 heterocycles. The van der Waals surface area contributed by atoms with Crippen molar-refractivity contribution in [3.8, 4) is 0 Å². The molecule has 29 heavy (non-hydrogen) atoms. The summed E-state index contributed by atoms with van der Waals surface area (Å²) in [5.41, 5.74) is 2.11. The van der Waals surface area contributed by atoms with E-state index in [0.29, 0.717) is 0 Å². The molecule has 0 saturated carbocycles. The molecule has 2 nitrogen and oxygen atoms in total. The smallest absolute Gasteiger partial charge is 0.160 e. The van der Waals surface area contributed by atoms with E-state index in [1.54, 1.807) is 17.4 Å². The third-order valence-corrected chi connectivity index (χ3v) is 7.15. The number of unbranched alkanes of at least 4 members (excludes halogenated alkanes) is 2. The van der Waals surface area contributed by atoms with Crippen molar-refractivity contribution in [1.29, 1.82) is 0 Å². The molecule has 0 spiro atoms. The number of hydrogen-bond donors (Lipinski definition) is 1. The number of thiophene rings is 1. The summed E-state index contributed by atoms with van der Waals surface area (Å²) < 4.78 is 0.975. The summed E-state index contributed by atoms with van der Waals surface area (Å²) in [6.07, 6.45) is 8.42. The number of benzene rings is 1. The maximum atomic E-state index is 12.5. The zero-order chi connectivity index (χ0) is 19.9. The molecule has 3 rings (SSSR count). The first-order valence-electron chi connectivity index (χ1n) is 10.2. The second kappa shape index (κ2) is 12.7. The van der Waals surface area contributed by atoms with Crippen LogP contribution in [-0.4, -0.2) is 10.9 Å². The second-order valence-corrected chi connectivity index (χ2v) is 9.49. The number of hydrogen-bond acceptors (Lipinski definition) is 3. The molecule has 0 amide bonds. The molecule has 1 N–H and O–H groups in total. The van der Waals surface area contributed by atoms with Crippen LogP contribution < -0.4 is 0 Å². The van der Waals surface area contributed by atoms with E-state index >= 15 is 0 Å². The Morgan fingerprint density at radius 1 is 1.17 bits per heavy atom. The Morgan fingerprint density at radius 2 is 1.93 bits per heavy atom. The Hall–Kier alpha value is -0.126. The van der Waals surface area contributed by atoms with E-state index in [4.69, 9.17) is 0 Å². The number of aliphatic hydroxyl groups is 1. The molecular formula is C24H28BrO2SY-. The van der Waals surface area contributed by atoms with Gasteiger partial charge in [-0.25, -0.2) is 6.07 Å². The molecule has 1 radical (unpaired) electrons. The van der Waals surface area contributed by atoms with Gasteiger partial charge in [-0.1, -0.05) is 79.2 Å². The summed E-state index contributed by atoms with van der Waals surface area (Å²) in [5, 5.41) is 13.5. The average Bonchev–Trinajstić information content (AvgIpc) is 3.30. The molecule has 1 aliphatic rings. The summed E-state index contributed by atoms with van der Waals surface area (Å²) >= 11 is 5.29. The van der Waals surface area contributed by atoms with Crippen LogP contribution in [0.15, 0.2) is 47.0 Å². The van der Waals surface area contributed by atoms with E-state index in [1.165, 1.54) is 4.88 Å². The number of carbonyl (C=O) groups excluding carboxylic acids is 1. The van der Waals surface area contributed by atoms with E-state index in [-0.39, 0.29) is 50.3 Å². The van der Waals surface area contributed by atoms with Gasteiger partial charge in [0.1, 0.15) is 0 Å². The van der Waals surface area contributed by atoms with Crippen LogP contribution >= 0.6 is 27.3 Å². The molecule has 2 aromatic rings. The minimum absolute atomic E-state index is 0. The normalized spacial score (nSPS) is 19.7. The van der Waals surface area contributed by atoms with Gasteiger partial charge in [0.05, 0.1) is 6.10 Å². The third-order valence-electron chi connectivity index (χ3n) is 5.57. The Bertz CT molecular complexity index is 786. The van der Waals surface area contributed by atoms with Crippen molar-refractivity contribution in [2.75, 3.05) is 0 Å². The van der Waals surface area contributed by atoms with Gasteiger partial charge in [-0.05, 0) is 30.0 Å². The number of ketones is 1. The van der Waals surface area contributed by atoms with Crippen LogP contribution in [0.3, 0.4) is 0 Å². The largest absolute Gasteiger partial charge is 0.388 e. The van der Waals surface area contributed by atoms with Gasteiger partial charge in [0.2, 0.25) is 0 Å².